The molecule has 1 amide bonds. The standard InChI is InChI=1S/C19H24N2O2/c1-3-21(2)18(16-7-5-4-6-8-16)19(23)20-17-11-9-15(10-12-17)13-14-22/h4-12,18,22H,3,13-14H2,1-2H3,(H,20,23). The Hall–Kier alpha value is -2.17. The smallest absolute Gasteiger partial charge is 0.246 e. The van der Waals surface area contributed by atoms with Crippen LogP contribution in [0.4, 0.5) is 5.69 Å². The number of carbonyl (C=O) groups excluding carboxylic acids is 1. The van der Waals surface area contributed by atoms with Gasteiger partial charge in [0.1, 0.15) is 6.04 Å². The number of nitrogens with zero attached hydrogens (tertiary/aromatic N) is 1. The van der Waals surface area contributed by atoms with E-state index < -0.39 is 0 Å². The van der Waals surface area contributed by atoms with Gasteiger partial charge in [-0.15, -0.1) is 0 Å². The van der Waals surface area contributed by atoms with E-state index in [-0.39, 0.29) is 18.6 Å². The summed E-state index contributed by atoms with van der Waals surface area (Å²) in [5.41, 5.74) is 2.80. The Morgan fingerprint density at radius 1 is 1.13 bits per heavy atom. The number of carbonyl (C=O) groups is 1. The molecule has 2 aromatic carbocycles. The molecule has 1 unspecified atom stereocenters. The van der Waals surface area contributed by atoms with Crippen molar-refractivity contribution in [3.63, 3.8) is 0 Å². The van der Waals surface area contributed by atoms with Gasteiger partial charge in [0, 0.05) is 12.3 Å². The Bertz CT molecular complexity index is 611. The van der Waals surface area contributed by atoms with E-state index in [9.17, 15) is 4.79 Å². The summed E-state index contributed by atoms with van der Waals surface area (Å²) in [5, 5.41) is 11.9. The minimum Gasteiger partial charge on any atom is -0.396 e. The van der Waals surface area contributed by atoms with Crippen molar-refractivity contribution in [3.05, 3.63) is 65.7 Å². The summed E-state index contributed by atoms with van der Waals surface area (Å²) in [6.45, 7) is 2.94. The summed E-state index contributed by atoms with van der Waals surface area (Å²) in [5.74, 6) is -0.0459. The van der Waals surface area contributed by atoms with E-state index in [4.69, 9.17) is 5.11 Å². The summed E-state index contributed by atoms with van der Waals surface area (Å²) < 4.78 is 0. The molecule has 4 heteroatoms. The highest BCUT2D eigenvalue weighted by Gasteiger charge is 2.24. The highest BCUT2D eigenvalue weighted by molar-refractivity contribution is 5.95. The highest BCUT2D eigenvalue weighted by Crippen LogP contribution is 2.21. The predicted molar refractivity (Wildman–Crippen MR) is 93.3 cm³/mol. The number of likely N-dealkylation sites (N-methyl/N-ethyl adjacent to an activating group) is 1. The van der Waals surface area contributed by atoms with Gasteiger partial charge in [-0.2, -0.15) is 0 Å². The summed E-state index contributed by atoms with van der Waals surface area (Å²) >= 11 is 0. The number of rotatable bonds is 7. The van der Waals surface area contributed by atoms with Gasteiger partial charge in [0.05, 0.1) is 0 Å². The molecule has 2 N–H and O–H groups in total. The van der Waals surface area contributed by atoms with E-state index in [1.54, 1.807) is 0 Å². The van der Waals surface area contributed by atoms with Crippen LogP contribution in [0, 0.1) is 0 Å². The zero-order chi connectivity index (χ0) is 16.7. The Balaban J connectivity index is 2.14. The monoisotopic (exact) mass is 312 g/mol. The molecule has 122 valence electrons. The lowest BCUT2D eigenvalue weighted by atomic mass is 10.0. The van der Waals surface area contributed by atoms with Crippen LogP contribution < -0.4 is 5.32 Å². The lowest BCUT2D eigenvalue weighted by Crippen LogP contribution is -2.34. The van der Waals surface area contributed by atoms with Crippen LogP contribution in [0.25, 0.3) is 0 Å². The van der Waals surface area contributed by atoms with Crippen LogP contribution in [-0.4, -0.2) is 36.1 Å². The van der Waals surface area contributed by atoms with Gasteiger partial charge in [-0.25, -0.2) is 0 Å². The third-order valence-electron chi connectivity index (χ3n) is 3.93. The summed E-state index contributed by atoms with van der Waals surface area (Å²) in [6, 6.07) is 17.1. The van der Waals surface area contributed by atoms with E-state index in [1.165, 1.54) is 0 Å². The lowest BCUT2D eigenvalue weighted by molar-refractivity contribution is -0.121. The Morgan fingerprint density at radius 3 is 2.35 bits per heavy atom. The summed E-state index contributed by atoms with van der Waals surface area (Å²) in [4.78, 5) is 14.7. The fourth-order valence-corrected chi connectivity index (χ4v) is 2.52. The summed E-state index contributed by atoms with van der Waals surface area (Å²) in [7, 11) is 1.95. The van der Waals surface area contributed by atoms with Crippen molar-refractivity contribution in [2.24, 2.45) is 0 Å². The van der Waals surface area contributed by atoms with Gasteiger partial charge in [0.2, 0.25) is 5.91 Å². The fraction of sp³-hybridized carbons (Fsp3) is 0.316. The van der Waals surface area contributed by atoms with Crippen LogP contribution in [0.5, 0.6) is 0 Å². The molecule has 0 spiro atoms. The number of hydrogen-bond donors (Lipinski definition) is 2. The number of amides is 1. The number of nitrogens with one attached hydrogen (secondary N) is 1. The van der Waals surface area contributed by atoms with Crippen LogP contribution in [-0.2, 0) is 11.2 Å². The minimum atomic E-state index is -0.321. The van der Waals surface area contributed by atoms with Gasteiger partial charge in [-0.1, -0.05) is 49.4 Å². The molecule has 2 rings (SSSR count). The van der Waals surface area contributed by atoms with Crippen LogP contribution >= 0.6 is 0 Å². The summed E-state index contributed by atoms with van der Waals surface area (Å²) in [6.07, 6.45) is 0.624. The molecule has 0 heterocycles. The molecule has 0 aromatic heterocycles. The Morgan fingerprint density at radius 2 is 1.78 bits per heavy atom. The Labute approximate surface area is 137 Å². The highest BCUT2D eigenvalue weighted by atomic mass is 16.3. The molecule has 23 heavy (non-hydrogen) atoms. The van der Waals surface area contributed by atoms with Gasteiger partial charge >= 0.3 is 0 Å². The maximum atomic E-state index is 12.7. The molecule has 0 saturated carbocycles. The molecule has 0 fully saturated rings. The number of anilines is 1. The maximum absolute atomic E-state index is 12.7. The third kappa shape index (κ3) is 4.65. The van der Waals surface area contributed by atoms with Gasteiger partial charge in [-0.3, -0.25) is 9.69 Å². The molecule has 4 nitrogen and oxygen atoms in total. The Kier molecular flexibility index (Phi) is 6.32. The van der Waals surface area contributed by atoms with E-state index in [1.807, 2.05) is 73.5 Å². The van der Waals surface area contributed by atoms with Crippen molar-refractivity contribution in [1.82, 2.24) is 4.90 Å². The molecule has 0 aliphatic rings. The number of hydrogen-bond acceptors (Lipinski definition) is 3. The third-order valence-corrected chi connectivity index (χ3v) is 3.93. The van der Waals surface area contributed by atoms with E-state index in [2.05, 4.69) is 5.32 Å². The SMILES string of the molecule is CCN(C)C(C(=O)Nc1ccc(CCO)cc1)c1ccccc1. The van der Waals surface area contributed by atoms with Gasteiger partial charge in [0.25, 0.3) is 0 Å². The second-order valence-corrected chi connectivity index (χ2v) is 5.55. The lowest BCUT2D eigenvalue weighted by Gasteiger charge is -2.26. The van der Waals surface area contributed by atoms with E-state index in [0.29, 0.717) is 6.42 Å². The molecule has 0 bridgehead atoms. The number of benzene rings is 2. The first-order chi connectivity index (χ1) is 11.2. The van der Waals surface area contributed by atoms with Crippen molar-refractivity contribution in [2.45, 2.75) is 19.4 Å². The largest absolute Gasteiger partial charge is 0.396 e. The zero-order valence-corrected chi connectivity index (χ0v) is 13.7. The molecule has 2 aromatic rings. The predicted octanol–water partition coefficient (Wildman–Crippen LogP) is 2.85. The molecule has 0 saturated heterocycles. The molecular weight excluding hydrogens is 288 g/mol. The molecule has 1 atom stereocenters. The van der Waals surface area contributed by atoms with Crippen molar-refractivity contribution >= 4 is 11.6 Å². The van der Waals surface area contributed by atoms with Crippen LogP contribution in [0.15, 0.2) is 54.6 Å². The molecular formula is C19H24N2O2. The first kappa shape index (κ1) is 17.2. The van der Waals surface area contributed by atoms with Crippen molar-refractivity contribution in [3.8, 4) is 0 Å². The van der Waals surface area contributed by atoms with Gasteiger partial charge in [0.15, 0.2) is 0 Å². The minimum absolute atomic E-state index is 0.0459. The maximum Gasteiger partial charge on any atom is 0.246 e. The van der Waals surface area contributed by atoms with E-state index >= 15 is 0 Å². The van der Waals surface area contributed by atoms with Crippen molar-refractivity contribution in [1.29, 1.82) is 0 Å². The van der Waals surface area contributed by atoms with Gasteiger partial charge in [-0.05, 0) is 43.3 Å². The van der Waals surface area contributed by atoms with Crippen LogP contribution in [0.3, 0.4) is 0 Å². The van der Waals surface area contributed by atoms with Crippen molar-refractivity contribution in [2.75, 3.05) is 25.5 Å². The second-order valence-electron chi connectivity index (χ2n) is 5.55. The second kappa shape index (κ2) is 8.46. The normalized spacial score (nSPS) is 12.2. The van der Waals surface area contributed by atoms with Crippen LogP contribution in [0.1, 0.15) is 24.1 Å². The molecule has 0 aliphatic heterocycles. The number of aliphatic hydroxyl groups excluding tert-OH is 1. The topological polar surface area (TPSA) is 52.6 Å². The zero-order valence-electron chi connectivity index (χ0n) is 13.7. The first-order valence-electron chi connectivity index (χ1n) is 7.91. The first-order valence-corrected chi connectivity index (χ1v) is 7.91. The molecule has 0 radical (unpaired) electrons. The van der Waals surface area contributed by atoms with E-state index in [0.717, 1.165) is 23.4 Å². The van der Waals surface area contributed by atoms with Crippen LogP contribution in [0.2, 0.25) is 0 Å². The fourth-order valence-electron chi connectivity index (χ4n) is 2.52. The van der Waals surface area contributed by atoms with Gasteiger partial charge < -0.3 is 10.4 Å². The average Bonchev–Trinajstić information content (AvgIpc) is 2.58. The average molecular weight is 312 g/mol. The molecule has 0 aliphatic carbocycles. The number of aliphatic hydroxyl groups is 1. The quantitative estimate of drug-likeness (QED) is 0.826. The van der Waals surface area contributed by atoms with Crippen molar-refractivity contribution < 1.29 is 9.90 Å².